The molecule has 3 rings (SSSR count). The van der Waals surface area contributed by atoms with Crippen molar-refractivity contribution in [1.82, 2.24) is 20.2 Å². The van der Waals surface area contributed by atoms with Gasteiger partial charge in [-0.3, -0.25) is 4.98 Å². The van der Waals surface area contributed by atoms with Crippen LogP contribution in [0.2, 0.25) is 0 Å². The van der Waals surface area contributed by atoms with E-state index in [1.165, 1.54) is 0 Å². The minimum Gasteiger partial charge on any atom is -0.444 e. The van der Waals surface area contributed by atoms with E-state index in [2.05, 4.69) is 15.3 Å². The summed E-state index contributed by atoms with van der Waals surface area (Å²) in [5.74, 6) is 0. The standard InChI is InChI=1S/C19H26N4O2/c1-19(2,3)25-18(24)23-10-6-7-15(23)13-20-11-14-12-21-16-8-4-5-9-17(16)22-14/h4-5,8-9,12,15,20H,6-7,10-11,13H2,1-3H3/t15-/m1/s1. The first kappa shape index (κ1) is 17.6. The smallest absolute Gasteiger partial charge is 0.410 e. The molecule has 1 fully saturated rings. The minimum atomic E-state index is -0.460. The fourth-order valence-electron chi connectivity index (χ4n) is 3.06. The van der Waals surface area contributed by atoms with Gasteiger partial charge in [0, 0.05) is 25.7 Å². The van der Waals surface area contributed by atoms with Gasteiger partial charge >= 0.3 is 6.09 Å². The second-order valence-corrected chi connectivity index (χ2v) is 7.45. The highest BCUT2D eigenvalue weighted by atomic mass is 16.6. The largest absolute Gasteiger partial charge is 0.444 e. The molecule has 0 aliphatic carbocycles. The maximum absolute atomic E-state index is 12.3. The molecule has 1 aromatic heterocycles. The van der Waals surface area contributed by atoms with Crippen molar-refractivity contribution in [1.29, 1.82) is 0 Å². The Balaban J connectivity index is 1.54. The molecular formula is C19H26N4O2. The maximum Gasteiger partial charge on any atom is 0.410 e. The summed E-state index contributed by atoms with van der Waals surface area (Å²) in [6.07, 6.45) is 3.59. The first-order valence-corrected chi connectivity index (χ1v) is 8.83. The van der Waals surface area contributed by atoms with Gasteiger partial charge in [-0.15, -0.1) is 0 Å². The fraction of sp³-hybridized carbons (Fsp3) is 0.526. The molecule has 1 saturated heterocycles. The molecule has 1 amide bonds. The Kier molecular flexibility index (Phi) is 5.18. The van der Waals surface area contributed by atoms with E-state index in [0.29, 0.717) is 6.54 Å². The Bertz CT molecular complexity index is 742. The van der Waals surface area contributed by atoms with Gasteiger partial charge in [0.15, 0.2) is 0 Å². The summed E-state index contributed by atoms with van der Waals surface area (Å²) >= 11 is 0. The molecule has 0 spiro atoms. The van der Waals surface area contributed by atoms with E-state index in [9.17, 15) is 4.79 Å². The molecule has 1 aromatic carbocycles. The van der Waals surface area contributed by atoms with Gasteiger partial charge in [0.05, 0.1) is 22.9 Å². The summed E-state index contributed by atoms with van der Waals surface area (Å²) in [6, 6.07) is 8.01. The van der Waals surface area contributed by atoms with Crippen molar-refractivity contribution >= 4 is 17.1 Å². The Morgan fingerprint density at radius 3 is 2.84 bits per heavy atom. The van der Waals surface area contributed by atoms with Gasteiger partial charge < -0.3 is 15.0 Å². The first-order chi connectivity index (χ1) is 11.9. The lowest BCUT2D eigenvalue weighted by atomic mass is 10.2. The second kappa shape index (κ2) is 7.35. The molecule has 1 aliphatic rings. The monoisotopic (exact) mass is 342 g/mol. The predicted molar refractivity (Wildman–Crippen MR) is 97.2 cm³/mol. The number of carbonyl (C=O) groups excluding carboxylic acids is 1. The third kappa shape index (κ3) is 4.66. The van der Waals surface area contributed by atoms with Crippen molar-refractivity contribution in [3.05, 3.63) is 36.2 Å². The van der Waals surface area contributed by atoms with Crippen LogP contribution in [0, 0.1) is 0 Å². The van der Waals surface area contributed by atoms with Gasteiger partial charge in [-0.25, -0.2) is 9.78 Å². The number of ether oxygens (including phenoxy) is 1. The number of nitrogens with one attached hydrogen (secondary N) is 1. The number of hydrogen-bond acceptors (Lipinski definition) is 5. The molecule has 25 heavy (non-hydrogen) atoms. The predicted octanol–water partition coefficient (Wildman–Crippen LogP) is 3.12. The van der Waals surface area contributed by atoms with E-state index in [-0.39, 0.29) is 12.1 Å². The van der Waals surface area contributed by atoms with E-state index in [1.54, 1.807) is 6.20 Å². The van der Waals surface area contributed by atoms with Crippen LogP contribution in [0.5, 0.6) is 0 Å². The van der Waals surface area contributed by atoms with Crippen LogP contribution in [0.4, 0.5) is 4.79 Å². The molecule has 0 saturated carbocycles. The van der Waals surface area contributed by atoms with Gasteiger partial charge in [0.1, 0.15) is 5.60 Å². The summed E-state index contributed by atoms with van der Waals surface area (Å²) in [5.41, 5.74) is 2.25. The quantitative estimate of drug-likeness (QED) is 0.925. The fourth-order valence-corrected chi connectivity index (χ4v) is 3.06. The summed E-state index contributed by atoms with van der Waals surface area (Å²) in [6.45, 7) is 7.81. The van der Waals surface area contributed by atoms with E-state index < -0.39 is 5.60 Å². The SMILES string of the molecule is CC(C)(C)OC(=O)N1CCC[C@@H]1CNCc1cnc2ccccc2n1. The Morgan fingerprint density at radius 2 is 2.08 bits per heavy atom. The van der Waals surface area contributed by atoms with Gasteiger partial charge in [-0.2, -0.15) is 0 Å². The number of carbonyl (C=O) groups is 1. The average molecular weight is 342 g/mol. The lowest BCUT2D eigenvalue weighted by molar-refractivity contribution is 0.0226. The van der Waals surface area contributed by atoms with Crippen molar-refractivity contribution in [2.24, 2.45) is 0 Å². The lowest BCUT2D eigenvalue weighted by Gasteiger charge is -2.28. The van der Waals surface area contributed by atoms with E-state index >= 15 is 0 Å². The van der Waals surface area contributed by atoms with Crippen LogP contribution < -0.4 is 5.32 Å². The molecule has 6 heteroatoms. The number of fused-ring (bicyclic) bond motifs is 1. The molecule has 1 aliphatic heterocycles. The summed E-state index contributed by atoms with van der Waals surface area (Å²) < 4.78 is 5.50. The normalized spacial score (nSPS) is 17.9. The van der Waals surface area contributed by atoms with Crippen molar-refractivity contribution in [2.75, 3.05) is 13.1 Å². The molecule has 2 heterocycles. The molecule has 0 bridgehead atoms. The topological polar surface area (TPSA) is 67.3 Å². The van der Waals surface area contributed by atoms with Crippen LogP contribution >= 0.6 is 0 Å². The summed E-state index contributed by atoms with van der Waals surface area (Å²) in [4.78, 5) is 23.2. The Morgan fingerprint density at radius 1 is 1.32 bits per heavy atom. The number of para-hydroxylation sites is 2. The highest BCUT2D eigenvalue weighted by Crippen LogP contribution is 2.20. The zero-order valence-electron chi connectivity index (χ0n) is 15.2. The zero-order chi connectivity index (χ0) is 17.9. The van der Waals surface area contributed by atoms with Gasteiger partial charge in [0.2, 0.25) is 0 Å². The summed E-state index contributed by atoms with van der Waals surface area (Å²) in [5, 5.41) is 3.40. The van der Waals surface area contributed by atoms with Crippen LogP contribution in [0.1, 0.15) is 39.3 Å². The molecule has 6 nitrogen and oxygen atoms in total. The highest BCUT2D eigenvalue weighted by Gasteiger charge is 2.31. The molecule has 0 unspecified atom stereocenters. The van der Waals surface area contributed by atoms with Crippen molar-refractivity contribution in [3.63, 3.8) is 0 Å². The third-order valence-corrected chi connectivity index (χ3v) is 4.19. The zero-order valence-corrected chi connectivity index (χ0v) is 15.2. The molecular weight excluding hydrogens is 316 g/mol. The van der Waals surface area contributed by atoms with E-state index in [1.807, 2.05) is 49.9 Å². The molecule has 2 aromatic rings. The van der Waals surface area contributed by atoms with Gasteiger partial charge in [0.25, 0.3) is 0 Å². The Hall–Kier alpha value is -2.21. The molecule has 134 valence electrons. The average Bonchev–Trinajstić information content (AvgIpc) is 3.02. The van der Waals surface area contributed by atoms with Crippen LogP contribution in [0.25, 0.3) is 11.0 Å². The minimum absolute atomic E-state index is 0.170. The van der Waals surface area contributed by atoms with Gasteiger partial charge in [-0.1, -0.05) is 12.1 Å². The number of amides is 1. The van der Waals surface area contributed by atoms with Crippen molar-refractivity contribution < 1.29 is 9.53 Å². The molecule has 1 atom stereocenters. The number of hydrogen-bond donors (Lipinski definition) is 1. The van der Waals surface area contributed by atoms with Crippen LogP contribution in [-0.4, -0.2) is 45.7 Å². The second-order valence-electron chi connectivity index (χ2n) is 7.45. The van der Waals surface area contributed by atoms with Crippen molar-refractivity contribution in [3.8, 4) is 0 Å². The number of likely N-dealkylation sites (tertiary alicyclic amines) is 1. The number of benzene rings is 1. The maximum atomic E-state index is 12.3. The third-order valence-electron chi connectivity index (χ3n) is 4.19. The van der Waals surface area contributed by atoms with Crippen LogP contribution in [0.3, 0.4) is 0 Å². The number of rotatable bonds is 4. The van der Waals surface area contributed by atoms with E-state index in [0.717, 1.165) is 42.7 Å². The number of aromatic nitrogens is 2. The molecule has 0 radical (unpaired) electrons. The van der Waals surface area contributed by atoms with Crippen LogP contribution in [-0.2, 0) is 11.3 Å². The van der Waals surface area contributed by atoms with Crippen molar-refractivity contribution in [2.45, 2.75) is 51.8 Å². The Labute approximate surface area is 148 Å². The van der Waals surface area contributed by atoms with Crippen LogP contribution in [0.15, 0.2) is 30.5 Å². The number of nitrogens with zero attached hydrogens (tertiary/aromatic N) is 3. The molecule has 1 N–H and O–H groups in total. The highest BCUT2D eigenvalue weighted by molar-refractivity contribution is 5.73. The lowest BCUT2D eigenvalue weighted by Crippen LogP contribution is -2.44. The summed E-state index contributed by atoms with van der Waals surface area (Å²) in [7, 11) is 0. The van der Waals surface area contributed by atoms with E-state index in [4.69, 9.17) is 4.74 Å². The first-order valence-electron chi connectivity index (χ1n) is 8.83. The van der Waals surface area contributed by atoms with Gasteiger partial charge in [-0.05, 0) is 45.7 Å².